The summed E-state index contributed by atoms with van der Waals surface area (Å²) in [5.74, 6) is -0.0197. The summed E-state index contributed by atoms with van der Waals surface area (Å²) < 4.78 is 5.56. The molecule has 1 aliphatic heterocycles. The van der Waals surface area contributed by atoms with E-state index in [0.29, 0.717) is 0 Å². The molecule has 0 aromatic heterocycles. The van der Waals surface area contributed by atoms with Crippen molar-refractivity contribution in [2.75, 3.05) is 13.1 Å². The normalized spacial score (nSPS) is 19.5. The largest absolute Gasteiger partial charge is 0.363 e. The molecule has 1 atom stereocenters. The molecule has 1 heterocycles. The van der Waals surface area contributed by atoms with Crippen LogP contribution < -0.4 is 10.6 Å². The van der Waals surface area contributed by atoms with Crippen molar-refractivity contribution in [2.24, 2.45) is 0 Å². The van der Waals surface area contributed by atoms with E-state index in [1.165, 1.54) is 0 Å². The highest BCUT2D eigenvalue weighted by Gasteiger charge is 2.26. The van der Waals surface area contributed by atoms with Crippen molar-refractivity contribution >= 4 is 5.91 Å². The minimum atomic E-state index is -0.358. The molecule has 0 radical (unpaired) electrons. The zero-order valence-corrected chi connectivity index (χ0v) is 10.1. The average Bonchev–Trinajstić information content (AvgIpc) is 2.10. The van der Waals surface area contributed by atoms with Gasteiger partial charge in [0, 0.05) is 18.6 Å². The monoisotopic (exact) mass is 214 g/mol. The molecule has 1 fully saturated rings. The first-order valence-corrected chi connectivity index (χ1v) is 5.63. The number of rotatable bonds is 5. The van der Waals surface area contributed by atoms with Crippen molar-refractivity contribution in [1.82, 2.24) is 10.6 Å². The molecule has 0 saturated carbocycles. The molecular weight excluding hydrogens is 192 g/mol. The number of hydrogen-bond acceptors (Lipinski definition) is 3. The van der Waals surface area contributed by atoms with Gasteiger partial charge in [0.15, 0.2) is 0 Å². The van der Waals surface area contributed by atoms with E-state index in [1.807, 2.05) is 13.8 Å². The van der Waals surface area contributed by atoms with Crippen molar-refractivity contribution in [2.45, 2.75) is 51.9 Å². The molecule has 0 aliphatic carbocycles. The Labute approximate surface area is 91.8 Å². The predicted octanol–water partition coefficient (Wildman–Crippen LogP) is 0.668. The van der Waals surface area contributed by atoms with Crippen molar-refractivity contribution in [3.63, 3.8) is 0 Å². The van der Waals surface area contributed by atoms with Gasteiger partial charge in [-0.1, -0.05) is 6.92 Å². The molecule has 0 aromatic carbocycles. The Morgan fingerprint density at radius 3 is 2.60 bits per heavy atom. The second-order valence-corrected chi connectivity index (χ2v) is 4.79. The predicted molar refractivity (Wildman–Crippen MR) is 59.7 cm³/mol. The zero-order chi connectivity index (χ0) is 11.5. The maximum Gasteiger partial charge on any atom is 0.249 e. The summed E-state index contributed by atoms with van der Waals surface area (Å²) in [4.78, 5) is 11.7. The molecule has 1 unspecified atom stereocenters. The summed E-state index contributed by atoms with van der Waals surface area (Å²) in [5, 5.41) is 6.08. The summed E-state index contributed by atoms with van der Waals surface area (Å²) in [6.45, 7) is 9.61. The first-order valence-electron chi connectivity index (χ1n) is 5.63. The van der Waals surface area contributed by atoms with Crippen molar-refractivity contribution in [3.05, 3.63) is 0 Å². The molecule has 1 amide bonds. The Kier molecular flexibility index (Phi) is 4.11. The maximum atomic E-state index is 11.7. The highest BCUT2D eigenvalue weighted by molar-refractivity contribution is 5.81. The fraction of sp³-hybridized carbons (Fsp3) is 0.909. The fourth-order valence-electron chi connectivity index (χ4n) is 1.23. The quantitative estimate of drug-likeness (QED) is 0.707. The van der Waals surface area contributed by atoms with E-state index >= 15 is 0 Å². The summed E-state index contributed by atoms with van der Waals surface area (Å²) in [7, 11) is 0. The Morgan fingerprint density at radius 1 is 1.60 bits per heavy atom. The van der Waals surface area contributed by atoms with E-state index in [-0.39, 0.29) is 23.7 Å². The minimum absolute atomic E-state index is 0.0197. The van der Waals surface area contributed by atoms with Crippen LogP contribution in [0.5, 0.6) is 0 Å². The van der Waals surface area contributed by atoms with Crippen LogP contribution in [0.3, 0.4) is 0 Å². The summed E-state index contributed by atoms with van der Waals surface area (Å²) in [5.41, 5.74) is -0.146. The molecule has 4 heteroatoms. The van der Waals surface area contributed by atoms with Gasteiger partial charge in [-0.05, 0) is 27.2 Å². The van der Waals surface area contributed by atoms with Gasteiger partial charge >= 0.3 is 0 Å². The minimum Gasteiger partial charge on any atom is -0.363 e. The van der Waals surface area contributed by atoms with Crippen LogP contribution in [-0.4, -0.2) is 36.7 Å². The maximum absolute atomic E-state index is 11.7. The van der Waals surface area contributed by atoms with Crippen LogP contribution in [-0.2, 0) is 9.53 Å². The van der Waals surface area contributed by atoms with Crippen LogP contribution >= 0.6 is 0 Å². The van der Waals surface area contributed by atoms with E-state index in [9.17, 15) is 4.79 Å². The second kappa shape index (κ2) is 4.94. The van der Waals surface area contributed by atoms with Crippen LogP contribution in [0.1, 0.15) is 34.1 Å². The Hall–Kier alpha value is -0.610. The summed E-state index contributed by atoms with van der Waals surface area (Å²) in [6, 6.07) is 0. The van der Waals surface area contributed by atoms with Crippen LogP contribution in [0.4, 0.5) is 0 Å². The second-order valence-electron chi connectivity index (χ2n) is 4.79. The van der Waals surface area contributed by atoms with E-state index in [2.05, 4.69) is 17.6 Å². The number of carbonyl (C=O) groups excluding carboxylic acids is 1. The van der Waals surface area contributed by atoms with Crippen LogP contribution in [0.15, 0.2) is 0 Å². The van der Waals surface area contributed by atoms with Gasteiger partial charge in [0.25, 0.3) is 0 Å². The third-order valence-corrected chi connectivity index (χ3v) is 2.86. The molecule has 4 nitrogen and oxygen atoms in total. The third kappa shape index (κ3) is 3.80. The summed E-state index contributed by atoms with van der Waals surface area (Å²) in [6.07, 6.45) is 0.759. The number of amides is 1. The van der Waals surface area contributed by atoms with E-state index in [0.717, 1.165) is 19.5 Å². The molecular formula is C11H22N2O2. The molecule has 1 saturated heterocycles. The SMILES string of the molecule is CCC(C)(C)NC(=O)C(C)OC1CNC1. The molecule has 88 valence electrons. The first-order chi connectivity index (χ1) is 6.94. The third-order valence-electron chi connectivity index (χ3n) is 2.86. The number of hydrogen-bond donors (Lipinski definition) is 2. The lowest BCUT2D eigenvalue weighted by Crippen LogP contribution is -2.53. The van der Waals surface area contributed by atoms with Gasteiger partial charge < -0.3 is 15.4 Å². The molecule has 0 aromatic rings. The topological polar surface area (TPSA) is 50.4 Å². The molecule has 15 heavy (non-hydrogen) atoms. The van der Waals surface area contributed by atoms with Gasteiger partial charge in [-0.25, -0.2) is 0 Å². The number of carbonyl (C=O) groups is 1. The van der Waals surface area contributed by atoms with E-state index in [4.69, 9.17) is 4.74 Å². The van der Waals surface area contributed by atoms with Gasteiger partial charge in [0.2, 0.25) is 5.91 Å². The fourth-order valence-corrected chi connectivity index (χ4v) is 1.23. The van der Waals surface area contributed by atoms with Crippen LogP contribution in [0, 0.1) is 0 Å². The Balaban J connectivity index is 2.31. The lowest BCUT2D eigenvalue weighted by molar-refractivity contribution is -0.138. The van der Waals surface area contributed by atoms with Crippen LogP contribution in [0.25, 0.3) is 0 Å². The highest BCUT2D eigenvalue weighted by atomic mass is 16.5. The Morgan fingerprint density at radius 2 is 2.20 bits per heavy atom. The highest BCUT2D eigenvalue weighted by Crippen LogP contribution is 2.09. The molecule has 1 aliphatic rings. The Bertz CT molecular complexity index is 225. The molecule has 0 bridgehead atoms. The van der Waals surface area contributed by atoms with Gasteiger partial charge in [-0.3, -0.25) is 4.79 Å². The van der Waals surface area contributed by atoms with Gasteiger partial charge in [-0.15, -0.1) is 0 Å². The van der Waals surface area contributed by atoms with Crippen LogP contribution in [0.2, 0.25) is 0 Å². The zero-order valence-electron chi connectivity index (χ0n) is 10.1. The lowest BCUT2D eigenvalue weighted by Gasteiger charge is -2.31. The molecule has 2 N–H and O–H groups in total. The molecule has 0 spiro atoms. The smallest absolute Gasteiger partial charge is 0.249 e. The van der Waals surface area contributed by atoms with Gasteiger partial charge in [0.05, 0.1) is 6.10 Å². The lowest BCUT2D eigenvalue weighted by atomic mass is 10.0. The van der Waals surface area contributed by atoms with Gasteiger partial charge in [0.1, 0.15) is 6.10 Å². The molecule has 1 rings (SSSR count). The van der Waals surface area contributed by atoms with Crippen molar-refractivity contribution in [1.29, 1.82) is 0 Å². The number of ether oxygens (including phenoxy) is 1. The van der Waals surface area contributed by atoms with Gasteiger partial charge in [-0.2, -0.15) is 0 Å². The number of nitrogens with one attached hydrogen (secondary N) is 2. The van der Waals surface area contributed by atoms with Crippen molar-refractivity contribution in [3.8, 4) is 0 Å². The standard InChI is InChI=1S/C11H22N2O2/c1-5-11(3,4)13-10(14)8(2)15-9-6-12-7-9/h8-9,12H,5-7H2,1-4H3,(H,13,14). The average molecular weight is 214 g/mol. The summed E-state index contributed by atoms with van der Waals surface area (Å²) >= 11 is 0. The van der Waals surface area contributed by atoms with E-state index < -0.39 is 0 Å². The van der Waals surface area contributed by atoms with Crippen molar-refractivity contribution < 1.29 is 9.53 Å². The first kappa shape index (κ1) is 12.5. The van der Waals surface area contributed by atoms with E-state index in [1.54, 1.807) is 6.92 Å².